The maximum Gasteiger partial charge on any atom is 0.251 e. The average Bonchev–Trinajstić information content (AvgIpc) is 2.42. The van der Waals surface area contributed by atoms with Crippen LogP contribution in [0.2, 0.25) is 0 Å². The van der Waals surface area contributed by atoms with E-state index in [0.717, 1.165) is 10.0 Å². The topological polar surface area (TPSA) is 34.2 Å². The average molecular weight is 325 g/mol. The highest BCUT2D eigenvalue weighted by Gasteiger charge is 2.10. The summed E-state index contributed by atoms with van der Waals surface area (Å²) in [5.41, 5.74) is 1.49. The van der Waals surface area contributed by atoms with Crippen molar-refractivity contribution < 1.29 is 9.13 Å². The van der Waals surface area contributed by atoms with E-state index < -0.39 is 5.82 Å². The van der Waals surface area contributed by atoms with Gasteiger partial charge in [0.15, 0.2) is 5.82 Å². The van der Waals surface area contributed by atoms with Crippen molar-refractivity contribution in [3.05, 3.63) is 57.9 Å². The van der Waals surface area contributed by atoms with Gasteiger partial charge in [-0.2, -0.15) is 0 Å². The van der Waals surface area contributed by atoms with Crippen LogP contribution < -0.4 is 10.1 Å². The van der Waals surface area contributed by atoms with E-state index in [1.807, 2.05) is 24.3 Å². The molecular formula is C14H14BrFN2O. The number of ether oxygens (including phenoxy) is 1. The summed E-state index contributed by atoms with van der Waals surface area (Å²) < 4.78 is 20.4. The highest BCUT2D eigenvalue weighted by molar-refractivity contribution is 9.10. The number of nitrogens with zero attached hydrogens (tertiary/aromatic N) is 1. The largest absolute Gasteiger partial charge is 0.471 e. The highest BCUT2D eigenvalue weighted by Crippen LogP contribution is 2.21. The van der Waals surface area contributed by atoms with Crippen LogP contribution >= 0.6 is 15.9 Å². The Hall–Kier alpha value is -1.46. The summed E-state index contributed by atoms with van der Waals surface area (Å²) in [6.45, 7) is 0.716. The molecule has 5 heteroatoms. The van der Waals surface area contributed by atoms with E-state index in [4.69, 9.17) is 4.74 Å². The van der Waals surface area contributed by atoms with Crippen molar-refractivity contribution in [2.75, 3.05) is 7.05 Å². The van der Waals surface area contributed by atoms with Gasteiger partial charge in [-0.1, -0.05) is 34.1 Å². The maximum atomic E-state index is 14.0. The third-order valence-electron chi connectivity index (χ3n) is 2.63. The first-order valence-corrected chi connectivity index (χ1v) is 6.66. The van der Waals surface area contributed by atoms with Crippen molar-refractivity contribution in [3.8, 4) is 5.88 Å². The molecular weight excluding hydrogens is 311 g/mol. The zero-order valence-corrected chi connectivity index (χ0v) is 12.1. The van der Waals surface area contributed by atoms with Crippen LogP contribution in [0.3, 0.4) is 0 Å². The van der Waals surface area contributed by atoms with E-state index in [9.17, 15) is 4.39 Å². The minimum Gasteiger partial charge on any atom is -0.471 e. The summed E-state index contributed by atoms with van der Waals surface area (Å²) in [6.07, 6.45) is 1.55. The van der Waals surface area contributed by atoms with Crippen molar-refractivity contribution in [2.45, 2.75) is 13.2 Å². The summed E-state index contributed by atoms with van der Waals surface area (Å²) in [7, 11) is 1.77. The normalized spacial score (nSPS) is 10.5. The number of pyridine rings is 1. The Balaban J connectivity index is 2.12. The molecule has 0 aliphatic rings. The Morgan fingerprint density at radius 2 is 2.05 bits per heavy atom. The highest BCUT2D eigenvalue weighted by atomic mass is 79.9. The summed E-state index contributed by atoms with van der Waals surface area (Å²) in [5, 5.41) is 2.90. The van der Waals surface area contributed by atoms with Gasteiger partial charge in [0.25, 0.3) is 5.88 Å². The molecule has 19 heavy (non-hydrogen) atoms. The first-order chi connectivity index (χ1) is 9.22. The molecule has 100 valence electrons. The summed E-state index contributed by atoms with van der Waals surface area (Å²) >= 11 is 3.42. The number of rotatable bonds is 5. The zero-order valence-electron chi connectivity index (χ0n) is 10.5. The van der Waals surface area contributed by atoms with Crippen LogP contribution in [0.5, 0.6) is 5.88 Å². The number of nitrogens with one attached hydrogen (secondary N) is 1. The number of hydrogen-bond acceptors (Lipinski definition) is 3. The predicted molar refractivity (Wildman–Crippen MR) is 75.4 cm³/mol. The van der Waals surface area contributed by atoms with Crippen molar-refractivity contribution >= 4 is 15.9 Å². The third-order valence-corrected chi connectivity index (χ3v) is 3.40. The molecule has 0 aliphatic carbocycles. The Morgan fingerprint density at radius 1 is 1.26 bits per heavy atom. The number of halogens is 2. The molecule has 1 aromatic heterocycles. The molecule has 0 saturated carbocycles. The molecule has 1 heterocycles. The third kappa shape index (κ3) is 3.52. The standard InChI is InChI=1S/C14H14BrFN2O/c1-17-8-10-6-7-18-14(13(10)16)19-9-11-4-2-3-5-12(11)15/h2-7,17H,8-9H2,1H3. The summed E-state index contributed by atoms with van der Waals surface area (Å²) in [4.78, 5) is 3.93. The fraction of sp³-hybridized carbons (Fsp3) is 0.214. The lowest BCUT2D eigenvalue weighted by molar-refractivity contribution is 0.275. The lowest BCUT2D eigenvalue weighted by Gasteiger charge is -2.09. The van der Waals surface area contributed by atoms with E-state index >= 15 is 0 Å². The fourth-order valence-electron chi connectivity index (χ4n) is 1.65. The molecule has 2 rings (SSSR count). The predicted octanol–water partition coefficient (Wildman–Crippen LogP) is 3.28. The molecule has 3 nitrogen and oxygen atoms in total. The van der Waals surface area contributed by atoms with Crippen LogP contribution in [0, 0.1) is 5.82 Å². The molecule has 0 saturated heterocycles. The van der Waals surface area contributed by atoms with Crippen LogP contribution in [0.25, 0.3) is 0 Å². The molecule has 0 radical (unpaired) electrons. The second-order valence-electron chi connectivity index (χ2n) is 4.00. The van der Waals surface area contributed by atoms with Gasteiger partial charge in [-0.05, 0) is 19.2 Å². The van der Waals surface area contributed by atoms with E-state index in [1.54, 1.807) is 19.3 Å². The van der Waals surface area contributed by atoms with Crippen molar-refractivity contribution in [1.82, 2.24) is 10.3 Å². The van der Waals surface area contributed by atoms with Gasteiger partial charge in [-0.25, -0.2) is 9.37 Å². The number of hydrogen-bond donors (Lipinski definition) is 1. The molecule has 1 N–H and O–H groups in total. The van der Waals surface area contributed by atoms with Crippen LogP contribution in [-0.2, 0) is 13.2 Å². The van der Waals surface area contributed by atoms with Crippen LogP contribution in [-0.4, -0.2) is 12.0 Å². The van der Waals surface area contributed by atoms with Gasteiger partial charge in [0, 0.05) is 28.3 Å². The van der Waals surface area contributed by atoms with Gasteiger partial charge < -0.3 is 10.1 Å². The minimum atomic E-state index is -0.413. The molecule has 0 fully saturated rings. The first-order valence-electron chi connectivity index (χ1n) is 5.86. The SMILES string of the molecule is CNCc1ccnc(OCc2ccccc2Br)c1F. The molecule has 1 aromatic carbocycles. The fourth-order valence-corrected chi connectivity index (χ4v) is 2.05. The molecule has 0 atom stereocenters. The van der Waals surface area contributed by atoms with Gasteiger partial charge in [-0.15, -0.1) is 0 Å². The van der Waals surface area contributed by atoms with Gasteiger partial charge in [0.05, 0.1) is 0 Å². The quantitative estimate of drug-likeness (QED) is 0.916. The molecule has 0 amide bonds. The van der Waals surface area contributed by atoms with Crippen molar-refractivity contribution in [2.24, 2.45) is 0 Å². The second-order valence-corrected chi connectivity index (χ2v) is 4.85. The lowest BCUT2D eigenvalue weighted by atomic mass is 10.2. The van der Waals surface area contributed by atoms with E-state index in [0.29, 0.717) is 12.1 Å². The molecule has 0 spiro atoms. The smallest absolute Gasteiger partial charge is 0.251 e. The van der Waals surface area contributed by atoms with Gasteiger partial charge >= 0.3 is 0 Å². The van der Waals surface area contributed by atoms with Gasteiger partial charge in [-0.3, -0.25) is 0 Å². The van der Waals surface area contributed by atoms with Gasteiger partial charge in [0.2, 0.25) is 0 Å². The van der Waals surface area contributed by atoms with E-state index in [2.05, 4.69) is 26.2 Å². The first kappa shape index (κ1) is 14.0. The zero-order chi connectivity index (χ0) is 13.7. The van der Waals surface area contributed by atoms with Crippen LogP contribution in [0.15, 0.2) is 41.0 Å². The molecule has 0 aliphatic heterocycles. The van der Waals surface area contributed by atoms with E-state index in [-0.39, 0.29) is 12.5 Å². The van der Waals surface area contributed by atoms with Crippen LogP contribution in [0.4, 0.5) is 4.39 Å². The summed E-state index contributed by atoms with van der Waals surface area (Å²) in [6, 6.07) is 9.29. The van der Waals surface area contributed by atoms with Crippen molar-refractivity contribution in [3.63, 3.8) is 0 Å². The summed E-state index contributed by atoms with van der Waals surface area (Å²) in [5.74, 6) is -0.382. The number of aromatic nitrogens is 1. The maximum absolute atomic E-state index is 14.0. The van der Waals surface area contributed by atoms with E-state index in [1.165, 1.54) is 0 Å². The molecule has 0 unspecified atom stereocenters. The van der Waals surface area contributed by atoms with Crippen LogP contribution in [0.1, 0.15) is 11.1 Å². The Bertz CT molecular complexity index is 563. The molecule has 2 aromatic rings. The van der Waals surface area contributed by atoms with Crippen molar-refractivity contribution in [1.29, 1.82) is 0 Å². The Labute approximate surface area is 119 Å². The number of benzene rings is 1. The Morgan fingerprint density at radius 3 is 2.79 bits per heavy atom. The monoisotopic (exact) mass is 324 g/mol. The Kier molecular flexibility index (Phi) is 4.87. The van der Waals surface area contributed by atoms with Gasteiger partial charge in [0.1, 0.15) is 6.61 Å². The second kappa shape index (κ2) is 6.63. The minimum absolute atomic E-state index is 0.0310. The molecule has 0 bridgehead atoms. The lowest BCUT2D eigenvalue weighted by Crippen LogP contribution is -2.09.